The first kappa shape index (κ1) is 17.2. The van der Waals surface area contributed by atoms with E-state index in [1.807, 2.05) is 53.7 Å². The summed E-state index contributed by atoms with van der Waals surface area (Å²) in [5.41, 5.74) is 0.913. The molecule has 3 heterocycles. The summed E-state index contributed by atoms with van der Waals surface area (Å²) in [6.45, 7) is 3.98. The molecule has 0 spiro atoms. The third kappa shape index (κ3) is 3.25. The van der Waals surface area contributed by atoms with Gasteiger partial charge in [0.05, 0.1) is 6.54 Å². The number of hydrogen-bond acceptors (Lipinski definition) is 5. The third-order valence-corrected chi connectivity index (χ3v) is 6.08. The molecule has 6 nitrogen and oxygen atoms in total. The van der Waals surface area contributed by atoms with Crippen LogP contribution in [0.5, 0.6) is 0 Å². The first-order valence-electron chi connectivity index (χ1n) is 8.75. The quantitative estimate of drug-likeness (QED) is 0.748. The van der Waals surface area contributed by atoms with Crippen molar-refractivity contribution in [2.24, 2.45) is 7.05 Å². The Bertz CT molecular complexity index is 911. The highest BCUT2D eigenvalue weighted by Gasteiger charge is 2.32. The Morgan fingerprint density at radius 3 is 2.73 bits per heavy atom. The number of imidazole rings is 1. The van der Waals surface area contributed by atoms with Gasteiger partial charge >= 0.3 is 5.97 Å². The number of nitrogens with zero attached hydrogens (tertiary/aromatic N) is 4. The molecular weight excluding hydrogens is 348 g/mol. The van der Waals surface area contributed by atoms with Crippen LogP contribution >= 0.6 is 11.3 Å². The van der Waals surface area contributed by atoms with Crippen LogP contribution < -0.4 is 0 Å². The number of thiophene rings is 1. The van der Waals surface area contributed by atoms with Crippen molar-refractivity contribution >= 4 is 27.4 Å². The van der Waals surface area contributed by atoms with Crippen LogP contribution in [0.4, 0.5) is 0 Å². The number of carboxylic acid groups (broad SMARTS) is 1. The number of aromatic nitrogens is 2. The maximum atomic E-state index is 12.1. The molecule has 1 aliphatic heterocycles. The summed E-state index contributed by atoms with van der Waals surface area (Å²) in [6.07, 6.45) is 3.77. The van der Waals surface area contributed by atoms with Crippen LogP contribution in [-0.2, 0) is 18.4 Å². The number of carbonyl (C=O) groups is 1. The van der Waals surface area contributed by atoms with Crippen molar-refractivity contribution in [1.82, 2.24) is 19.4 Å². The average molecular weight is 370 g/mol. The number of benzene rings is 1. The minimum atomic E-state index is -0.772. The van der Waals surface area contributed by atoms with Crippen LogP contribution in [0.3, 0.4) is 0 Å². The van der Waals surface area contributed by atoms with Gasteiger partial charge < -0.3 is 9.67 Å². The molecule has 7 heteroatoms. The second-order valence-electron chi connectivity index (χ2n) is 6.69. The fraction of sp³-hybridized carbons (Fsp3) is 0.368. The fourth-order valence-electron chi connectivity index (χ4n) is 3.62. The number of piperazine rings is 1. The van der Waals surface area contributed by atoms with Crippen LogP contribution in [-0.4, -0.2) is 56.6 Å². The number of rotatable bonds is 5. The largest absolute Gasteiger partial charge is 0.480 e. The molecule has 136 valence electrons. The molecule has 0 aliphatic carbocycles. The zero-order valence-corrected chi connectivity index (χ0v) is 15.5. The molecule has 2 aromatic heterocycles. The minimum absolute atomic E-state index is 0.582. The Labute approximate surface area is 156 Å². The maximum absolute atomic E-state index is 12.1. The standard InChI is InChI=1S/C19H22N4O2S/c1-21-7-6-20-17(21)12-22-8-10-23(11-9-22)18(19(24)25)15-13-26-16-5-3-2-4-14(15)16/h2-7,13,18H,8-12H2,1H3,(H,24,25)/t18-/m1/s1. The summed E-state index contributed by atoms with van der Waals surface area (Å²) in [5.74, 6) is 0.267. The van der Waals surface area contributed by atoms with Gasteiger partial charge in [-0.05, 0) is 22.4 Å². The van der Waals surface area contributed by atoms with E-state index in [0.717, 1.165) is 54.2 Å². The predicted octanol–water partition coefficient (Wildman–Crippen LogP) is 2.58. The molecule has 3 aromatic rings. The molecule has 1 N–H and O–H groups in total. The number of aliphatic carboxylic acids is 1. The molecule has 1 fully saturated rings. The monoisotopic (exact) mass is 370 g/mol. The van der Waals surface area contributed by atoms with E-state index < -0.39 is 12.0 Å². The molecule has 0 amide bonds. The highest BCUT2D eigenvalue weighted by atomic mass is 32.1. The Morgan fingerprint density at radius 1 is 1.27 bits per heavy atom. The van der Waals surface area contributed by atoms with Gasteiger partial charge in [0.1, 0.15) is 11.9 Å². The summed E-state index contributed by atoms with van der Waals surface area (Å²) >= 11 is 1.62. The lowest BCUT2D eigenvalue weighted by atomic mass is 10.0. The van der Waals surface area contributed by atoms with Gasteiger partial charge in [0.25, 0.3) is 0 Å². The Balaban J connectivity index is 1.49. The molecule has 0 saturated carbocycles. The summed E-state index contributed by atoms with van der Waals surface area (Å²) in [5, 5.41) is 13.0. The molecule has 26 heavy (non-hydrogen) atoms. The highest BCUT2D eigenvalue weighted by Crippen LogP contribution is 2.33. The number of hydrogen-bond donors (Lipinski definition) is 1. The van der Waals surface area contributed by atoms with Gasteiger partial charge in [-0.2, -0.15) is 0 Å². The van der Waals surface area contributed by atoms with Crippen LogP contribution in [0.2, 0.25) is 0 Å². The molecule has 1 atom stereocenters. The molecule has 1 saturated heterocycles. The van der Waals surface area contributed by atoms with E-state index in [4.69, 9.17) is 0 Å². The van der Waals surface area contributed by atoms with E-state index in [1.165, 1.54) is 0 Å². The first-order valence-corrected chi connectivity index (χ1v) is 9.63. The Morgan fingerprint density at radius 2 is 2.04 bits per heavy atom. The van der Waals surface area contributed by atoms with Crippen molar-refractivity contribution < 1.29 is 9.90 Å². The number of fused-ring (bicyclic) bond motifs is 1. The van der Waals surface area contributed by atoms with Gasteiger partial charge in [-0.15, -0.1) is 11.3 Å². The summed E-state index contributed by atoms with van der Waals surface area (Å²) in [7, 11) is 2.00. The summed E-state index contributed by atoms with van der Waals surface area (Å²) in [6, 6.07) is 7.46. The zero-order valence-electron chi connectivity index (χ0n) is 14.7. The fourth-order valence-corrected chi connectivity index (χ4v) is 4.60. The zero-order chi connectivity index (χ0) is 18.1. The van der Waals surface area contributed by atoms with E-state index in [1.54, 1.807) is 11.3 Å². The van der Waals surface area contributed by atoms with Gasteiger partial charge in [-0.3, -0.25) is 14.6 Å². The normalized spacial score (nSPS) is 17.6. The second-order valence-corrected chi connectivity index (χ2v) is 7.61. The SMILES string of the molecule is Cn1ccnc1CN1CCN([C@@H](C(=O)O)c2csc3ccccc23)CC1. The van der Waals surface area contributed by atoms with Gasteiger partial charge in [-0.25, -0.2) is 4.98 Å². The molecule has 0 unspecified atom stereocenters. The van der Waals surface area contributed by atoms with Crippen molar-refractivity contribution in [3.05, 3.63) is 53.4 Å². The van der Waals surface area contributed by atoms with Crippen LogP contribution in [0.25, 0.3) is 10.1 Å². The summed E-state index contributed by atoms with van der Waals surface area (Å²) < 4.78 is 3.17. The van der Waals surface area contributed by atoms with Gasteiger partial charge in [0.2, 0.25) is 0 Å². The van der Waals surface area contributed by atoms with Crippen molar-refractivity contribution in [2.45, 2.75) is 12.6 Å². The van der Waals surface area contributed by atoms with E-state index in [0.29, 0.717) is 0 Å². The van der Waals surface area contributed by atoms with E-state index in [2.05, 4.69) is 14.8 Å². The highest BCUT2D eigenvalue weighted by molar-refractivity contribution is 7.17. The minimum Gasteiger partial charge on any atom is -0.480 e. The number of carboxylic acids is 1. The van der Waals surface area contributed by atoms with Crippen LogP contribution in [0.15, 0.2) is 42.0 Å². The molecule has 1 aliphatic rings. The first-order chi connectivity index (χ1) is 12.6. The van der Waals surface area contributed by atoms with E-state index >= 15 is 0 Å². The molecule has 4 rings (SSSR count). The van der Waals surface area contributed by atoms with E-state index in [-0.39, 0.29) is 0 Å². The topological polar surface area (TPSA) is 61.6 Å². The van der Waals surface area contributed by atoms with Crippen molar-refractivity contribution in [1.29, 1.82) is 0 Å². The maximum Gasteiger partial charge on any atom is 0.325 e. The predicted molar refractivity (Wildman–Crippen MR) is 102 cm³/mol. The van der Waals surface area contributed by atoms with E-state index in [9.17, 15) is 9.90 Å². The average Bonchev–Trinajstić information content (AvgIpc) is 3.24. The lowest BCUT2D eigenvalue weighted by molar-refractivity contribution is -0.144. The lowest BCUT2D eigenvalue weighted by Gasteiger charge is -2.37. The van der Waals surface area contributed by atoms with Crippen molar-refractivity contribution in [3.8, 4) is 0 Å². The Kier molecular flexibility index (Phi) is 4.76. The van der Waals surface area contributed by atoms with Crippen molar-refractivity contribution in [3.63, 3.8) is 0 Å². The smallest absolute Gasteiger partial charge is 0.325 e. The van der Waals surface area contributed by atoms with Gasteiger partial charge in [0.15, 0.2) is 0 Å². The third-order valence-electron chi connectivity index (χ3n) is 5.10. The van der Waals surface area contributed by atoms with Gasteiger partial charge in [0, 0.05) is 50.3 Å². The lowest BCUT2D eigenvalue weighted by Crippen LogP contribution is -2.49. The molecular formula is C19H22N4O2S. The molecule has 1 aromatic carbocycles. The number of aryl methyl sites for hydroxylation is 1. The summed E-state index contributed by atoms with van der Waals surface area (Å²) in [4.78, 5) is 20.9. The van der Waals surface area contributed by atoms with Crippen LogP contribution in [0.1, 0.15) is 17.4 Å². The second kappa shape index (κ2) is 7.19. The van der Waals surface area contributed by atoms with Crippen LogP contribution in [0, 0.1) is 0 Å². The molecule has 0 radical (unpaired) electrons. The van der Waals surface area contributed by atoms with Crippen molar-refractivity contribution in [2.75, 3.05) is 26.2 Å². The Hall–Kier alpha value is -2.22. The van der Waals surface area contributed by atoms with Gasteiger partial charge in [-0.1, -0.05) is 18.2 Å². The molecule has 0 bridgehead atoms.